The molecule has 0 heterocycles. The Morgan fingerprint density at radius 1 is 1.29 bits per heavy atom. The normalized spacial score (nSPS) is 22.8. The summed E-state index contributed by atoms with van der Waals surface area (Å²) >= 11 is 0. The summed E-state index contributed by atoms with van der Waals surface area (Å²) < 4.78 is 23.2. The van der Waals surface area contributed by atoms with Crippen LogP contribution in [-0.4, -0.2) is 30.6 Å². The monoisotopic (exact) mass is 315 g/mol. The molecule has 1 aromatic carbocycles. The smallest absolute Gasteiger partial charge is 0.270 e. The maximum Gasteiger partial charge on any atom is 0.270 e. The van der Waals surface area contributed by atoms with Crippen molar-refractivity contribution in [2.24, 2.45) is 5.14 Å². The van der Waals surface area contributed by atoms with Crippen LogP contribution >= 0.6 is 0 Å². The molecular formula is C12H17N3O5S. The van der Waals surface area contributed by atoms with Crippen molar-refractivity contribution in [3.63, 3.8) is 0 Å². The Hall–Kier alpha value is -1.71. The van der Waals surface area contributed by atoms with E-state index in [-0.39, 0.29) is 28.4 Å². The minimum absolute atomic E-state index is 0.00959. The first-order valence-corrected chi connectivity index (χ1v) is 8.08. The van der Waals surface area contributed by atoms with E-state index in [2.05, 4.69) is 5.32 Å². The summed E-state index contributed by atoms with van der Waals surface area (Å²) in [5.41, 5.74) is -0.0758. The molecule has 0 atom stereocenters. The lowest BCUT2D eigenvalue weighted by atomic mass is 9.93. The molecule has 0 amide bonds. The van der Waals surface area contributed by atoms with Crippen molar-refractivity contribution in [3.8, 4) is 0 Å². The van der Waals surface area contributed by atoms with Crippen molar-refractivity contribution in [2.45, 2.75) is 42.7 Å². The fourth-order valence-electron chi connectivity index (χ4n) is 2.42. The Morgan fingerprint density at radius 3 is 2.43 bits per heavy atom. The van der Waals surface area contributed by atoms with Gasteiger partial charge in [-0.15, -0.1) is 0 Å². The number of nitro benzene ring substituents is 1. The number of nitro groups is 1. The van der Waals surface area contributed by atoms with Crippen molar-refractivity contribution in [1.29, 1.82) is 0 Å². The van der Waals surface area contributed by atoms with Crippen LogP contribution in [0.15, 0.2) is 23.1 Å². The first-order chi connectivity index (χ1) is 9.77. The van der Waals surface area contributed by atoms with Gasteiger partial charge in [0.15, 0.2) is 0 Å². The van der Waals surface area contributed by atoms with Crippen LogP contribution in [0.4, 0.5) is 11.4 Å². The number of nitrogens with one attached hydrogen (secondary N) is 1. The van der Waals surface area contributed by atoms with Gasteiger partial charge in [0, 0.05) is 18.2 Å². The minimum Gasteiger partial charge on any atom is -0.393 e. The van der Waals surface area contributed by atoms with E-state index in [0.29, 0.717) is 25.7 Å². The molecule has 0 bridgehead atoms. The van der Waals surface area contributed by atoms with Gasteiger partial charge in [-0.1, -0.05) is 0 Å². The highest BCUT2D eigenvalue weighted by Gasteiger charge is 2.23. The van der Waals surface area contributed by atoms with Crippen molar-refractivity contribution in [2.75, 3.05) is 5.32 Å². The molecule has 0 aliphatic heterocycles. The molecule has 0 spiro atoms. The Morgan fingerprint density at radius 2 is 1.90 bits per heavy atom. The third-order valence-corrected chi connectivity index (χ3v) is 4.49. The molecule has 1 aliphatic carbocycles. The zero-order valence-corrected chi connectivity index (χ0v) is 12.0. The largest absolute Gasteiger partial charge is 0.393 e. The molecule has 0 radical (unpaired) electrons. The SMILES string of the molecule is NS(=O)(=O)c1cc([N+](=O)[O-])ccc1NC1CCC(O)CC1. The number of aliphatic hydroxyl groups excluding tert-OH is 1. The van der Waals surface area contributed by atoms with Crippen LogP contribution in [0, 0.1) is 10.1 Å². The molecule has 21 heavy (non-hydrogen) atoms. The Bertz CT molecular complexity index is 638. The number of nitrogens with two attached hydrogens (primary N) is 1. The molecule has 1 saturated carbocycles. The van der Waals surface area contributed by atoms with Crippen LogP contribution in [0.5, 0.6) is 0 Å². The van der Waals surface area contributed by atoms with Gasteiger partial charge in [0.25, 0.3) is 5.69 Å². The zero-order chi connectivity index (χ0) is 15.6. The topological polar surface area (TPSA) is 136 Å². The van der Waals surface area contributed by atoms with E-state index < -0.39 is 14.9 Å². The van der Waals surface area contributed by atoms with Gasteiger partial charge in [0.1, 0.15) is 4.90 Å². The Labute approximate surface area is 122 Å². The molecule has 8 nitrogen and oxygen atoms in total. The highest BCUT2D eigenvalue weighted by atomic mass is 32.2. The molecule has 9 heteroatoms. The van der Waals surface area contributed by atoms with Crippen LogP contribution in [0.3, 0.4) is 0 Å². The first-order valence-electron chi connectivity index (χ1n) is 6.53. The summed E-state index contributed by atoms with van der Waals surface area (Å²) in [4.78, 5) is 9.78. The second-order valence-corrected chi connectivity index (χ2v) is 6.66. The fourth-order valence-corrected chi connectivity index (χ4v) is 3.14. The third kappa shape index (κ3) is 3.90. The first kappa shape index (κ1) is 15.7. The summed E-state index contributed by atoms with van der Waals surface area (Å²) in [5, 5.41) is 28.4. The van der Waals surface area contributed by atoms with Crippen molar-refractivity contribution in [3.05, 3.63) is 28.3 Å². The van der Waals surface area contributed by atoms with Gasteiger partial charge >= 0.3 is 0 Å². The summed E-state index contributed by atoms with van der Waals surface area (Å²) in [6.45, 7) is 0. The van der Waals surface area contributed by atoms with Gasteiger partial charge in [0.05, 0.1) is 16.7 Å². The number of primary sulfonamides is 1. The molecule has 0 saturated heterocycles. The molecule has 1 fully saturated rings. The lowest BCUT2D eigenvalue weighted by Gasteiger charge is -2.27. The predicted molar refractivity (Wildman–Crippen MR) is 76.4 cm³/mol. The average molecular weight is 315 g/mol. The van der Waals surface area contributed by atoms with Gasteiger partial charge in [-0.05, 0) is 31.7 Å². The third-order valence-electron chi connectivity index (χ3n) is 3.54. The van der Waals surface area contributed by atoms with E-state index in [4.69, 9.17) is 5.14 Å². The van der Waals surface area contributed by atoms with E-state index in [9.17, 15) is 23.6 Å². The van der Waals surface area contributed by atoms with E-state index in [0.717, 1.165) is 6.07 Å². The lowest BCUT2D eigenvalue weighted by Crippen LogP contribution is -2.29. The Kier molecular flexibility index (Phi) is 4.45. The standard InChI is InChI=1S/C12H17N3O5S/c13-21(19,20)12-7-9(15(17)18)3-6-11(12)14-8-1-4-10(16)5-2-8/h3,6-8,10,14,16H,1-2,4-5H2,(H2,13,19,20). The Balaban J connectivity index is 2.28. The van der Waals surface area contributed by atoms with Crippen molar-refractivity contribution in [1.82, 2.24) is 0 Å². The fraction of sp³-hybridized carbons (Fsp3) is 0.500. The molecule has 4 N–H and O–H groups in total. The van der Waals surface area contributed by atoms with E-state index >= 15 is 0 Å². The molecule has 0 unspecified atom stereocenters. The summed E-state index contributed by atoms with van der Waals surface area (Å²) in [5.74, 6) is 0. The highest BCUT2D eigenvalue weighted by molar-refractivity contribution is 7.89. The van der Waals surface area contributed by atoms with Gasteiger partial charge in [-0.2, -0.15) is 0 Å². The molecule has 1 aromatic rings. The van der Waals surface area contributed by atoms with Crippen LogP contribution in [-0.2, 0) is 10.0 Å². The van der Waals surface area contributed by atoms with Crippen LogP contribution < -0.4 is 10.5 Å². The van der Waals surface area contributed by atoms with Crippen LogP contribution in [0.25, 0.3) is 0 Å². The number of non-ortho nitro benzene ring substituents is 1. The molecule has 1 aliphatic rings. The second kappa shape index (κ2) is 5.96. The zero-order valence-electron chi connectivity index (χ0n) is 11.2. The van der Waals surface area contributed by atoms with Gasteiger partial charge in [0.2, 0.25) is 10.0 Å². The molecular weight excluding hydrogens is 298 g/mol. The van der Waals surface area contributed by atoms with Gasteiger partial charge in [-0.3, -0.25) is 10.1 Å². The molecule has 116 valence electrons. The number of sulfonamides is 1. The maximum absolute atomic E-state index is 11.6. The number of nitrogens with zero attached hydrogens (tertiary/aromatic N) is 1. The number of anilines is 1. The van der Waals surface area contributed by atoms with Crippen molar-refractivity contribution >= 4 is 21.4 Å². The number of hydrogen-bond donors (Lipinski definition) is 3. The van der Waals surface area contributed by atoms with Crippen LogP contribution in [0.2, 0.25) is 0 Å². The number of aliphatic hydroxyl groups is 1. The summed E-state index contributed by atoms with van der Waals surface area (Å²) in [7, 11) is -4.07. The van der Waals surface area contributed by atoms with E-state index in [1.807, 2.05) is 0 Å². The number of rotatable bonds is 4. The number of hydrogen-bond acceptors (Lipinski definition) is 6. The average Bonchev–Trinajstić information content (AvgIpc) is 2.40. The van der Waals surface area contributed by atoms with Crippen LogP contribution in [0.1, 0.15) is 25.7 Å². The molecule has 2 rings (SSSR count). The van der Waals surface area contributed by atoms with E-state index in [1.165, 1.54) is 12.1 Å². The van der Waals surface area contributed by atoms with Gasteiger partial charge in [-0.25, -0.2) is 13.6 Å². The predicted octanol–water partition coefficient (Wildman–Crippen LogP) is 0.958. The number of benzene rings is 1. The summed E-state index contributed by atoms with van der Waals surface area (Å²) in [6.07, 6.45) is 2.34. The highest BCUT2D eigenvalue weighted by Crippen LogP contribution is 2.29. The second-order valence-electron chi connectivity index (χ2n) is 5.13. The molecule has 0 aromatic heterocycles. The quantitative estimate of drug-likeness (QED) is 0.559. The minimum atomic E-state index is -4.07. The van der Waals surface area contributed by atoms with Gasteiger partial charge < -0.3 is 10.4 Å². The van der Waals surface area contributed by atoms with Crippen molar-refractivity contribution < 1.29 is 18.4 Å². The lowest BCUT2D eigenvalue weighted by molar-refractivity contribution is -0.385. The van der Waals surface area contributed by atoms with E-state index in [1.54, 1.807) is 0 Å². The summed E-state index contributed by atoms with van der Waals surface area (Å²) in [6, 6.07) is 3.54. The maximum atomic E-state index is 11.6.